The predicted molar refractivity (Wildman–Crippen MR) is 67.8 cm³/mol. The largest absolute Gasteiger partial charge is 0.331 e. The summed E-state index contributed by atoms with van der Waals surface area (Å²) in [5, 5.41) is 0. The second-order valence-corrected chi connectivity index (χ2v) is 6.84. The first-order chi connectivity index (χ1) is 7.80. The fourth-order valence-electron chi connectivity index (χ4n) is 1.87. The highest BCUT2D eigenvalue weighted by molar-refractivity contribution is 8.13. The van der Waals surface area contributed by atoms with Crippen LogP contribution in [-0.4, -0.2) is 18.0 Å². The Hall–Kier alpha value is -1.07. The summed E-state index contributed by atoms with van der Waals surface area (Å²) in [4.78, 5) is 4.51. The number of fused-ring (bicyclic) bond motifs is 1. The average Bonchev–Trinajstić information content (AvgIpc) is 2.54. The molecule has 6 heteroatoms. The van der Waals surface area contributed by atoms with Crippen LogP contribution in [0.5, 0.6) is 0 Å². The first-order valence-corrected chi connectivity index (χ1v) is 7.52. The molecule has 0 spiro atoms. The van der Waals surface area contributed by atoms with E-state index in [-0.39, 0.29) is 10.8 Å². The van der Waals surface area contributed by atoms with Gasteiger partial charge in [0.15, 0.2) is 0 Å². The van der Waals surface area contributed by atoms with E-state index in [1.807, 2.05) is 25.5 Å². The maximum Gasteiger partial charge on any atom is 0.261 e. The molecule has 92 valence electrons. The number of nitrogens with zero attached hydrogens (tertiary/aromatic N) is 2. The minimum Gasteiger partial charge on any atom is -0.331 e. The van der Waals surface area contributed by atoms with Crippen molar-refractivity contribution in [1.82, 2.24) is 9.55 Å². The molecular formula is C11H13ClN2O2S. The van der Waals surface area contributed by atoms with Crippen molar-refractivity contribution in [2.75, 3.05) is 0 Å². The van der Waals surface area contributed by atoms with E-state index in [0.29, 0.717) is 5.52 Å². The quantitative estimate of drug-likeness (QED) is 0.790. The maximum absolute atomic E-state index is 11.2. The molecule has 0 saturated carbocycles. The van der Waals surface area contributed by atoms with Crippen LogP contribution in [0.4, 0.5) is 0 Å². The zero-order valence-electron chi connectivity index (χ0n) is 9.81. The summed E-state index contributed by atoms with van der Waals surface area (Å²) < 4.78 is 24.4. The molecule has 4 nitrogen and oxygen atoms in total. The lowest BCUT2D eigenvalue weighted by molar-refractivity contribution is 0.609. The third-order valence-corrected chi connectivity index (χ3v) is 4.04. The fraction of sp³-hybridized carbons (Fsp3) is 0.364. The van der Waals surface area contributed by atoms with Crippen molar-refractivity contribution in [2.45, 2.75) is 24.7 Å². The van der Waals surface area contributed by atoms with Crippen LogP contribution in [0.25, 0.3) is 11.0 Å². The molecule has 0 bridgehead atoms. The van der Waals surface area contributed by atoms with Gasteiger partial charge in [-0.3, -0.25) is 0 Å². The van der Waals surface area contributed by atoms with Crippen molar-refractivity contribution in [2.24, 2.45) is 7.05 Å². The summed E-state index contributed by atoms with van der Waals surface area (Å²) in [5.41, 5.74) is 1.55. The Kier molecular flexibility index (Phi) is 2.91. The average molecular weight is 273 g/mol. The zero-order chi connectivity index (χ0) is 12.8. The smallest absolute Gasteiger partial charge is 0.261 e. The molecule has 17 heavy (non-hydrogen) atoms. The fourth-order valence-corrected chi connectivity index (χ4v) is 2.64. The Balaban J connectivity index is 2.72. The van der Waals surface area contributed by atoms with Gasteiger partial charge in [-0.05, 0) is 18.2 Å². The number of imidazole rings is 1. The van der Waals surface area contributed by atoms with Crippen molar-refractivity contribution >= 4 is 30.8 Å². The molecule has 0 N–H and O–H groups in total. The van der Waals surface area contributed by atoms with E-state index in [0.717, 1.165) is 11.3 Å². The summed E-state index contributed by atoms with van der Waals surface area (Å²) in [7, 11) is 3.53. The Labute approximate surface area is 105 Å². The lowest BCUT2D eigenvalue weighted by atomic mass is 10.2. The van der Waals surface area contributed by atoms with Crippen LogP contribution in [-0.2, 0) is 16.1 Å². The van der Waals surface area contributed by atoms with E-state index in [4.69, 9.17) is 10.7 Å². The third kappa shape index (κ3) is 2.17. The molecule has 1 aromatic heterocycles. The zero-order valence-corrected chi connectivity index (χ0v) is 11.4. The third-order valence-electron chi connectivity index (χ3n) is 2.68. The molecular weight excluding hydrogens is 260 g/mol. The highest BCUT2D eigenvalue weighted by Crippen LogP contribution is 2.24. The molecule has 0 aliphatic heterocycles. The molecule has 0 aliphatic rings. The van der Waals surface area contributed by atoms with Crippen molar-refractivity contribution in [1.29, 1.82) is 0 Å². The van der Waals surface area contributed by atoms with Crippen LogP contribution in [0.3, 0.4) is 0 Å². The Morgan fingerprint density at radius 1 is 1.35 bits per heavy atom. The van der Waals surface area contributed by atoms with Gasteiger partial charge in [-0.1, -0.05) is 13.8 Å². The van der Waals surface area contributed by atoms with Crippen LogP contribution >= 0.6 is 10.7 Å². The summed E-state index contributed by atoms with van der Waals surface area (Å²) in [6.07, 6.45) is 0. The van der Waals surface area contributed by atoms with Crippen molar-refractivity contribution < 1.29 is 8.42 Å². The van der Waals surface area contributed by atoms with Gasteiger partial charge in [0.25, 0.3) is 9.05 Å². The van der Waals surface area contributed by atoms with Gasteiger partial charge in [0.1, 0.15) is 5.82 Å². The first kappa shape index (κ1) is 12.4. The van der Waals surface area contributed by atoms with E-state index in [9.17, 15) is 8.42 Å². The molecule has 1 heterocycles. The highest BCUT2D eigenvalue weighted by Gasteiger charge is 2.15. The molecule has 0 unspecified atom stereocenters. The molecule has 0 amide bonds. The van der Waals surface area contributed by atoms with Gasteiger partial charge in [0, 0.05) is 23.6 Å². The molecule has 0 radical (unpaired) electrons. The number of hydrogen-bond acceptors (Lipinski definition) is 3. The molecule has 0 fully saturated rings. The molecule has 0 saturated heterocycles. The van der Waals surface area contributed by atoms with E-state index >= 15 is 0 Å². The van der Waals surface area contributed by atoms with Crippen LogP contribution in [0.2, 0.25) is 0 Å². The maximum atomic E-state index is 11.2. The van der Waals surface area contributed by atoms with Gasteiger partial charge < -0.3 is 4.57 Å². The standard InChI is InChI=1S/C11H13ClN2O2S/c1-7(2)11-13-9-6-8(17(12,15)16)4-5-10(9)14(11)3/h4-7H,1-3H3. The molecule has 2 aromatic rings. The summed E-state index contributed by atoms with van der Waals surface area (Å²) in [5.74, 6) is 1.20. The van der Waals surface area contributed by atoms with Crippen molar-refractivity contribution in [3.63, 3.8) is 0 Å². The van der Waals surface area contributed by atoms with E-state index in [2.05, 4.69) is 4.98 Å². The number of rotatable bonds is 2. The summed E-state index contributed by atoms with van der Waals surface area (Å²) >= 11 is 0. The van der Waals surface area contributed by atoms with Crippen LogP contribution in [0, 0.1) is 0 Å². The number of aromatic nitrogens is 2. The predicted octanol–water partition coefficient (Wildman–Crippen LogP) is 2.62. The van der Waals surface area contributed by atoms with Gasteiger partial charge in [-0.15, -0.1) is 0 Å². The van der Waals surface area contributed by atoms with E-state index in [1.54, 1.807) is 6.07 Å². The van der Waals surface area contributed by atoms with Crippen molar-refractivity contribution in [3.05, 3.63) is 24.0 Å². The van der Waals surface area contributed by atoms with Gasteiger partial charge >= 0.3 is 0 Å². The van der Waals surface area contributed by atoms with E-state index < -0.39 is 9.05 Å². The first-order valence-electron chi connectivity index (χ1n) is 5.21. The second-order valence-electron chi connectivity index (χ2n) is 4.27. The highest BCUT2D eigenvalue weighted by atomic mass is 35.7. The van der Waals surface area contributed by atoms with Gasteiger partial charge in [-0.2, -0.15) is 0 Å². The van der Waals surface area contributed by atoms with Crippen LogP contribution in [0.1, 0.15) is 25.6 Å². The number of halogens is 1. The SMILES string of the molecule is CC(C)c1nc2cc(S(=O)(=O)Cl)ccc2n1C. The van der Waals surface area contributed by atoms with Crippen molar-refractivity contribution in [3.8, 4) is 0 Å². The number of hydrogen-bond donors (Lipinski definition) is 0. The van der Waals surface area contributed by atoms with Gasteiger partial charge in [0.2, 0.25) is 0 Å². The number of benzene rings is 1. The monoisotopic (exact) mass is 272 g/mol. The molecule has 0 aliphatic carbocycles. The second kappa shape index (κ2) is 3.99. The lowest BCUT2D eigenvalue weighted by Crippen LogP contribution is -1.99. The number of aryl methyl sites for hydroxylation is 1. The van der Waals surface area contributed by atoms with Gasteiger partial charge in [0.05, 0.1) is 15.9 Å². The summed E-state index contributed by atoms with van der Waals surface area (Å²) in [6, 6.07) is 4.73. The Morgan fingerprint density at radius 3 is 2.53 bits per heavy atom. The van der Waals surface area contributed by atoms with Gasteiger partial charge in [-0.25, -0.2) is 13.4 Å². The summed E-state index contributed by atoms with van der Waals surface area (Å²) in [6.45, 7) is 4.08. The molecule has 2 rings (SSSR count). The minimum absolute atomic E-state index is 0.0834. The lowest BCUT2D eigenvalue weighted by Gasteiger charge is -2.04. The Morgan fingerprint density at radius 2 is 2.00 bits per heavy atom. The topological polar surface area (TPSA) is 52.0 Å². The van der Waals surface area contributed by atoms with E-state index in [1.165, 1.54) is 12.1 Å². The van der Waals surface area contributed by atoms with Crippen LogP contribution < -0.4 is 0 Å². The van der Waals surface area contributed by atoms with Crippen LogP contribution in [0.15, 0.2) is 23.1 Å². The Bertz CT molecular complexity index is 674. The molecule has 0 atom stereocenters. The molecule has 1 aromatic carbocycles. The normalized spacial score (nSPS) is 12.5. The minimum atomic E-state index is -3.70.